The van der Waals surface area contributed by atoms with Crippen molar-refractivity contribution >= 4 is 17.4 Å². The van der Waals surface area contributed by atoms with Crippen molar-refractivity contribution < 1.29 is 9.18 Å². The Balaban J connectivity index is 3.03. The Morgan fingerprint density at radius 1 is 1.73 bits per heavy atom. The predicted octanol–water partition coefficient (Wildman–Crippen LogP) is 1.89. The molecule has 0 radical (unpaired) electrons. The number of pyridine rings is 1. The molecule has 0 aromatic carbocycles. The van der Waals surface area contributed by atoms with Gasteiger partial charge in [0.25, 0.3) is 0 Å². The van der Waals surface area contributed by atoms with Gasteiger partial charge in [0.15, 0.2) is 12.5 Å². The molecule has 0 amide bonds. The minimum Gasteiger partial charge on any atom is -0.291 e. The van der Waals surface area contributed by atoms with Crippen LogP contribution in [0, 0.1) is 0 Å². The molecule has 0 unspecified atom stereocenters. The van der Waals surface area contributed by atoms with E-state index < -0.39 is 12.5 Å². The number of Topliss-reactive ketones (excluding diaryl/α,β-unsaturated/α-hetero) is 1. The number of alkyl halides is 1. The molecule has 0 aliphatic heterocycles. The molecule has 11 heavy (non-hydrogen) atoms. The molecule has 4 heteroatoms. The summed E-state index contributed by atoms with van der Waals surface area (Å²) < 4.78 is 11.8. The number of carbonyl (C=O) groups is 1. The number of nitrogens with zero attached hydrogens (tertiary/aromatic N) is 1. The summed E-state index contributed by atoms with van der Waals surface area (Å²) in [6.45, 7) is -1.04. The third-order valence-corrected chi connectivity index (χ3v) is 1.48. The van der Waals surface area contributed by atoms with E-state index in [9.17, 15) is 9.18 Å². The molecule has 0 fully saturated rings. The van der Waals surface area contributed by atoms with Crippen LogP contribution in [0.25, 0.3) is 0 Å². The highest BCUT2D eigenvalue weighted by Crippen LogP contribution is 2.11. The van der Waals surface area contributed by atoms with Gasteiger partial charge in [-0.25, -0.2) is 9.37 Å². The van der Waals surface area contributed by atoms with Gasteiger partial charge in [-0.1, -0.05) is 11.6 Å². The monoisotopic (exact) mass is 173 g/mol. The molecule has 0 aliphatic carbocycles. The highest BCUT2D eigenvalue weighted by Gasteiger charge is 2.08. The molecular formula is C7H5ClFNO. The van der Waals surface area contributed by atoms with Crippen molar-refractivity contribution in [2.45, 2.75) is 0 Å². The third-order valence-electron chi connectivity index (χ3n) is 1.18. The van der Waals surface area contributed by atoms with Gasteiger partial charge in [-0.15, -0.1) is 0 Å². The Labute approximate surface area is 68.0 Å². The first-order valence-corrected chi connectivity index (χ1v) is 3.33. The second-order valence-electron chi connectivity index (χ2n) is 1.90. The van der Waals surface area contributed by atoms with E-state index in [0.717, 1.165) is 0 Å². The fourth-order valence-electron chi connectivity index (χ4n) is 0.666. The third kappa shape index (κ3) is 1.74. The highest BCUT2D eigenvalue weighted by molar-refractivity contribution is 6.32. The standard InChI is InChI=1S/C7H5ClFNO/c8-7-5(6(11)4-9)2-1-3-10-7/h1-3H,4H2. The maximum atomic E-state index is 11.8. The van der Waals surface area contributed by atoms with E-state index in [2.05, 4.69) is 4.98 Å². The summed E-state index contributed by atoms with van der Waals surface area (Å²) in [5, 5.41) is 0.0511. The van der Waals surface area contributed by atoms with Crippen LogP contribution < -0.4 is 0 Å². The van der Waals surface area contributed by atoms with E-state index in [4.69, 9.17) is 11.6 Å². The van der Waals surface area contributed by atoms with Gasteiger partial charge in [0, 0.05) is 6.20 Å². The van der Waals surface area contributed by atoms with E-state index >= 15 is 0 Å². The summed E-state index contributed by atoms with van der Waals surface area (Å²) in [5.41, 5.74) is 0.136. The lowest BCUT2D eigenvalue weighted by Gasteiger charge is -1.96. The molecule has 1 aromatic rings. The number of aromatic nitrogens is 1. The highest BCUT2D eigenvalue weighted by atomic mass is 35.5. The SMILES string of the molecule is O=C(CF)c1cccnc1Cl. The first kappa shape index (κ1) is 8.14. The zero-order valence-corrected chi connectivity index (χ0v) is 6.31. The van der Waals surface area contributed by atoms with Crippen molar-refractivity contribution in [3.05, 3.63) is 29.0 Å². The molecule has 1 aromatic heterocycles. The van der Waals surface area contributed by atoms with Gasteiger partial charge in [-0.05, 0) is 12.1 Å². The molecule has 0 spiro atoms. The number of rotatable bonds is 2. The van der Waals surface area contributed by atoms with Crippen molar-refractivity contribution in [2.75, 3.05) is 6.67 Å². The number of carbonyl (C=O) groups excluding carboxylic acids is 1. The van der Waals surface area contributed by atoms with Crippen LogP contribution >= 0.6 is 11.6 Å². The van der Waals surface area contributed by atoms with Gasteiger partial charge in [-0.2, -0.15) is 0 Å². The van der Waals surface area contributed by atoms with Crippen LogP contribution in [-0.4, -0.2) is 17.4 Å². The van der Waals surface area contributed by atoms with Gasteiger partial charge in [0.2, 0.25) is 0 Å². The lowest BCUT2D eigenvalue weighted by molar-refractivity contribution is 0.0958. The Hall–Kier alpha value is -0.960. The van der Waals surface area contributed by atoms with E-state index in [1.54, 1.807) is 0 Å². The van der Waals surface area contributed by atoms with Gasteiger partial charge in [-0.3, -0.25) is 4.79 Å². The summed E-state index contributed by atoms with van der Waals surface area (Å²) in [7, 11) is 0. The van der Waals surface area contributed by atoms with E-state index in [1.807, 2.05) is 0 Å². The average molecular weight is 174 g/mol. The molecule has 0 atom stereocenters. The Kier molecular flexibility index (Phi) is 2.54. The van der Waals surface area contributed by atoms with Crippen LogP contribution in [0.2, 0.25) is 5.15 Å². The summed E-state index contributed by atoms with van der Waals surface area (Å²) in [4.78, 5) is 14.4. The Morgan fingerprint density at radius 2 is 2.45 bits per heavy atom. The lowest BCUT2D eigenvalue weighted by atomic mass is 10.2. The van der Waals surface area contributed by atoms with Crippen LogP contribution in [0.15, 0.2) is 18.3 Å². The first-order chi connectivity index (χ1) is 5.25. The van der Waals surface area contributed by atoms with E-state index in [-0.39, 0.29) is 10.7 Å². The fourth-order valence-corrected chi connectivity index (χ4v) is 0.891. The second kappa shape index (κ2) is 3.44. The smallest absolute Gasteiger partial charge is 0.196 e. The second-order valence-corrected chi connectivity index (χ2v) is 2.26. The molecule has 0 saturated heterocycles. The Morgan fingerprint density at radius 3 is 3.00 bits per heavy atom. The first-order valence-electron chi connectivity index (χ1n) is 2.95. The van der Waals surface area contributed by atoms with Crippen LogP contribution in [0.3, 0.4) is 0 Å². The summed E-state index contributed by atoms with van der Waals surface area (Å²) in [5.74, 6) is -0.636. The van der Waals surface area contributed by atoms with Gasteiger partial charge in [0.05, 0.1) is 5.56 Å². The zero-order chi connectivity index (χ0) is 8.27. The molecule has 1 rings (SSSR count). The van der Waals surface area contributed by atoms with Crippen molar-refractivity contribution in [3.63, 3.8) is 0 Å². The lowest BCUT2D eigenvalue weighted by Crippen LogP contribution is -2.02. The van der Waals surface area contributed by atoms with Crippen LogP contribution in [-0.2, 0) is 0 Å². The van der Waals surface area contributed by atoms with Crippen LogP contribution in [0.4, 0.5) is 4.39 Å². The number of halogens is 2. The predicted molar refractivity (Wildman–Crippen MR) is 39.6 cm³/mol. The fraction of sp³-hybridized carbons (Fsp3) is 0.143. The zero-order valence-electron chi connectivity index (χ0n) is 5.55. The molecule has 0 N–H and O–H groups in total. The maximum Gasteiger partial charge on any atom is 0.196 e. The minimum absolute atomic E-state index is 0.0511. The number of ketones is 1. The average Bonchev–Trinajstić information content (AvgIpc) is 2.04. The maximum absolute atomic E-state index is 11.8. The van der Waals surface area contributed by atoms with Crippen LogP contribution in [0.5, 0.6) is 0 Å². The minimum atomic E-state index is -1.04. The molecule has 0 bridgehead atoms. The van der Waals surface area contributed by atoms with Crippen molar-refractivity contribution in [2.24, 2.45) is 0 Å². The van der Waals surface area contributed by atoms with Crippen LogP contribution in [0.1, 0.15) is 10.4 Å². The largest absolute Gasteiger partial charge is 0.291 e. The quantitative estimate of drug-likeness (QED) is 0.505. The summed E-state index contributed by atoms with van der Waals surface area (Å²) in [6.07, 6.45) is 1.44. The molecule has 2 nitrogen and oxygen atoms in total. The molecule has 58 valence electrons. The topological polar surface area (TPSA) is 30.0 Å². The van der Waals surface area contributed by atoms with E-state index in [1.165, 1.54) is 18.3 Å². The molecular weight excluding hydrogens is 169 g/mol. The summed E-state index contributed by atoms with van der Waals surface area (Å²) >= 11 is 5.50. The molecule has 0 saturated carbocycles. The Bertz CT molecular complexity index is 277. The van der Waals surface area contributed by atoms with Crippen molar-refractivity contribution in [1.82, 2.24) is 4.98 Å². The summed E-state index contributed by atoms with van der Waals surface area (Å²) in [6, 6.07) is 2.98. The van der Waals surface area contributed by atoms with Crippen molar-refractivity contribution in [1.29, 1.82) is 0 Å². The van der Waals surface area contributed by atoms with E-state index in [0.29, 0.717) is 0 Å². The molecule has 1 heterocycles. The molecule has 0 aliphatic rings. The van der Waals surface area contributed by atoms with Crippen molar-refractivity contribution in [3.8, 4) is 0 Å². The number of hydrogen-bond acceptors (Lipinski definition) is 2. The van der Waals surface area contributed by atoms with Gasteiger partial charge in [0.1, 0.15) is 5.15 Å². The number of hydrogen-bond donors (Lipinski definition) is 0. The normalized spacial score (nSPS) is 9.64. The van der Waals surface area contributed by atoms with Gasteiger partial charge < -0.3 is 0 Å². The van der Waals surface area contributed by atoms with Gasteiger partial charge >= 0.3 is 0 Å².